The molecule has 130 valence electrons. The van der Waals surface area contributed by atoms with E-state index in [1.165, 1.54) is 12.1 Å². The van der Waals surface area contributed by atoms with E-state index in [0.717, 1.165) is 37.3 Å². The second-order valence-electron chi connectivity index (χ2n) is 6.03. The summed E-state index contributed by atoms with van der Waals surface area (Å²) in [7, 11) is 0. The molecule has 0 bridgehead atoms. The van der Waals surface area contributed by atoms with Crippen molar-refractivity contribution in [3.8, 4) is 6.07 Å². The van der Waals surface area contributed by atoms with E-state index in [0.29, 0.717) is 18.0 Å². The van der Waals surface area contributed by atoms with Gasteiger partial charge in [-0.1, -0.05) is 0 Å². The fourth-order valence-corrected chi connectivity index (χ4v) is 3.39. The molecule has 0 saturated carbocycles. The molecule has 1 aliphatic heterocycles. The zero-order chi connectivity index (χ0) is 17.8. The van der Waals surface area contributed by atoms with Gasteiger partial charge in [0.05, 0.1) is 29.3 Å². The largest absolute Gasteiger partial charge is 0.394 e. The molecule has 0 unspecified atom stereocenters. The summed E-state index contributed by atoms with van der Waals surface area (Å²) in [6.45, 7) is 2.08. The van der Waals surface area contributed by atoms with E-state index in [1.807, 2.05) is 10.7 Å². The third kappa shape index (κ3) is 3.46. The number of anilines is 1. The van der Waals surface area contributed by atoms with Gasteiger partial charge in [0.25, 0.3) is 5.69 Å². The Kier molecular flexibility index (Phi) is 4.95. The minimum absolute atomic E-state index is 0.0574. The minimum Gasteiger partial charge on any atom is -0.394 e. The number of aliphatic hydroxyl groups excluding tert-OH is 1. The molecule has 3 rings (SSSR count). The molecule has 2 heterocycles. The number of nitrogens with zero attached hydrogens (tertiary/aromatic N) is 5. The van der Waals surface area contributed by atoms with Gasteiger partial charge in [-0.2, -0.15) is 10.4 Å². The standard InChI is InChI=1S/C17H19N5O3/c18-12-14-11-15(22(24)25)1-2-16(14)20-7-4-13(5-8-20)17-3-6-19-21(17)9-10-23/h1-3,6,11,13,23H,4-5,7-10H2. The SMILES string of the molecule is N#Cc1cc([N+](=O)[O-])ccc1N1CCC(c2ccnn2CCO)CC1. The smallest absolute Gasteiger partial charge is 0.270 e. The Hall–Kier alpha value is -2.92. The molecule has 1 aromatic carbocycles. The molecule has 1 saturated heterocycles. The average Bonchev–Trinajstić information content (AvgIpc) is 3.10. The van der Waals surface area contributed by atoms with E-state index in [2.05, 4.69) is 16.1 Å². The van der Waals surface area contributed by atoms with Crippen LogP contribution in [0.3, 0.4) is 0 Å². The van der Waals surface area contributed by atoms with Crippen molar-refractivity contribution in [3.05, 3.63) is 51.8 Å². The number of rotatable bonds is 5. The van der Waals surface area contributed by atoms with Gasteiger partial charge in [-0.25, -0.2) is 0 Å². The summed E-state index contributed by atoms with van der Waals surface area (Å²) in [5.41, 5.74) is 2.13. The van der Waals surface area contributed by atoms with Gasteiger partial charge < -0.3 is 10.0 Å². The number of piperidine rings is 1. The van der Waals surface area contributed by atoms with E-state index < -0.39 is 4.92 Å². The molecule has 0 aliphatic carbocycles. The minimum atomic E-state index is -0.487. The lowest BCUT2D eigenvalue weighted by atomic mass is 9.92. The Balaban J connectivity index is 1.73. The molecule has 0 atom stereocenters. The second-order valence-corrected chi connectivity index (χ2v) is 6.03. The van der Waals surface area contributed by atoms with Gasteiger partial charge in [-0.3, -0.25) is 14.8 Å². The normalized spacial score (nSPS) is 15.1. The molecule has 2 aromatic rings. The molecule has 8 nitrogen and oxygen atoms in total. The summed E-state index contributed by atoms with van der Waals surface area (Å²) in [6.07, 6.45) is 3.55. The van der Waals surface area contributed by atoms with Crippen LogP contribution in [0.25, 0.3) is 0 Å². The van der Waals surface area contributed by atoms with Crippen LogP contribution in [0.15, 0.2) is 30.5 Å². The Morgan fingerprint density at radius 1 is 1.36 bits per heavy atom. The van der Waals surface area contributed by atoms with E-state index in [-0.39, 0.29) is 12.3 Å². The lowest BCUT2D eigenvalue weighted by Crippen LogP contribution is -2.34. The van der Waals surface area contributed by atoms with Crippen LogP contribution in [0, 0.1) is 21.4 Å². The number of hydrogen-bond donors (Lipinski definition) is 1. The molecular weight excluding hydrogens is 322 g/mol. The lowest BCUT2D eigenvalue weighted by Gasteiger charge is -2.34. The molecule has 1 aromatic heterocycles. The van der Waals surface area contributed by atoms with Crippen molar-refractivity contribution in [3.63, 3.8) is 0 Å². The second kappa shape index (κ2) is 7.32. The number of nitro benzene ring substituents is 1. The van der Waals surface area contributed by atoms with Crippen LogP contribution in [0.4, 0.5) is 11.4 Å². The van der Waals surface area contributed by atoms with E-state index in [4.69, 9.17) is 5.11 Å². The molecular formula is C17H19N5O3. The molecule has 0 amide bonds. The van der Waals surface area contributed by atoms with Crippen molar-refractivity contribution in [2.24, 2.45) is 0 Å². The predicted molar refractivity (Wildman–Crippen MR) is 91.3 cm³/mol. The Morgan fingerprint density at radius 2 is 2.12 bits per heavy atom. The first-order chi connectivity index (χ1) is 12.1. The average molecular weight is 341 g/mol. The van der Waals surface area contributed by atoms with Gasteiger partial charge in [-0.15, -0.1) is 0 Å². The topological polar surface area (TPSA) is 108 Å². The maximum absolute atomic E-state index is 10.9. The van der Waals surface area contributed by atoms with Gasteiger partial charge in [0.2, 0.25) is 0 Å². The first kappa shape index (κ1) is 16.9. The van der Waals surface area contributed by atoms with Crippen LogP contribution in [0.2, 0.25) is 0 Å². The van der Waals surface area contributed by atoms with Crippen LogP contribution in [-0.2, 0) is 6.54 Å². The highest BCUT2D eigenvalue weighted by Gasteiger charge is 2.25. The molecule has 1 N–H and O–H groups in total. The van der Waals surface area contributed by atoms with E-state index in [9.17, 15) is 15.4 Å². The highest BCUT2D eigenvalue weighted by atomic mass is 16.6. The molecule has 8 heteroatoms. The van der Waals surface area contributed by atoms with Crippen molar-refractivity contribution in [2.75, 3.05) is 24.6 Å². The monoisotopic (exact) mass is 341 g/mol. The number of nitriles is 1. The highest BCUT2D eigenvalue weighted by Crippen LogP contribution is 2.32. The van der Waals surface area contributed by atoms with Gasteiger partial charge >= 0.3 is 0 Å². The molecule has 0 spiro atoms. The van der Waals surface area contributed by atoms with Crippen LogP contribution in [0.5, 0.6) is 0 Å². The maximum atomic E-state index is 10.9. The summed E-state index contributed by atoms with van der Waals surface area (Å²) in [5.74, 6) is 0.355. The van der Waals surface area contributed by atoms with Gasteiger partial charge in [-0.05, 0) is 25.0 Å². The van der Waals surface area contributed by atoms with Gasteiger partial charge in [0, 0.05) is 43.0 Å². The van der Waals surface area contributed by atoms with Crippen LogP contribution >= 0.6 is 0 Å². The van der Waals surface area contributed by atoms with Crippen LogP contribution < -0.4 is 4.90 Å². The predicted octanol–water partition coefficient (Wildman–Crippen LogP) is 2.04. The number of aliphatic hydroxyl groups is 1. The van der Waals surface area contributed by atoms with Crippen LogP contribution in [0.1, 0.15) is 30.0 Å². The van der Waals surface area contributed by atoms with E-state index in [1.54, 1.807) is 12.3 Å². The number of nitro groups is 1. The first-order valence-corrected chi connectivity index (χ1v) is 8.20. The highest BCUT2D eigenvalue weighted by molar-refractivity contribution is 5.63. The van der Waals surface area contributed by atoms with Crippen molar-refractivity contribution in [2.45, 2.75) is 25.3 Å². The molecule has 1 aliphatic rings. The zero-order valence-electron chi connectivity index (χ0n) is 13.7. The van der Waals surface area contributed by atoms with Gasteiger partial charge in [0.15, 0.2) is 0 Å². The zero-order valence-corrected chi connectivity index (χ0v) is 13.7. The summed E-state index contributed by atoms with van der Waals surface area (Å²) in [4.78, 5) is 12.5. The lowest BCUT2D eigenvalue weighted by molar-refractivity contribution is -0.384. The molecule has 0 radical (unpaired) electrons. The van der Waals surface area contributed by atoms with E-state index >= 15 is 0 Å². The Labute approximate surface area is 145 Å². The summed E-state index contributed by atoms with van der Waals surface area (Å²) in [6, 6.07) is 8.49. The number of benzene rings is 1. The molecule has 25 heavy (non-hydrogen) atoms. The maximum Gasteiger partial charge on any atom is 0.270 e. The van der Waals surface area contributed by atoms with Crippen molar-refractivity contribution in [1.29, 1.82) is 5.26 Å². The number of non-ortho nitro benzene ring substituents is 1. The van der Waals surface area contributed by atoms with Crippen molar-refractivity contribution < 1.29 is 10.0 Å². The van der Waals surface area contributed by atoms with Crippen molar-refractivity contribution >= 4 is 11.4 Å². The summed E-state index contributed by atoms with van der Waals surface area (Å²) in [5, 5.41) is 33.6. The third-order valence-electron chi connectivity index (χ3n) is 4.63. The summed E-state index contributed by atoms with van der Waals surface area (Å²) < 4.78 is 1.84. The number of hydrogen-bond acceptors (Lipinski definition) is 6. The van der Waals surface area contributed by atoms with Crippen LogP contribution in [-0.4, -0.2) is 39.5 Å². The summed E-state index contributed by atoms with van der Waals surface area (Å²) >= 11 is 0. The fourth-order valence-electron chi connectivity index (χ4n) is 3.39. The quantitative estimate of drug-likeness (QED) is 0.658. The fraction of sp³-hybridized carbons (Fsp3) is 0.412. The van der Waals surface area contributed by atoms with Gasteiger partial charge in [0.1, 0.15) is 6.07 Å². The number of aromatic nitrogens is 2. The molecule has 1 fully saturated rings. The Morgan fingerprint density at radius 3 is 2.76 bits per heavy atom. The van der Waals surface area contributed by atoms with Crippen molar-refractivity contribution in [1.82, 2.24) is 9.78 Å². The third-order valence-corrected chi connectivity index (χ3v) is 4.63. The first-order valence-electron chi connectivity index (χ1n) is 8.20. The Bertz CT molecular complexity index is 803.